The molecule has 5 heterocycles. The van der Waals surface area contributed by atoms with Crippen molar-refractivity contribution in [3.8, 4) is 44.5 Å². The van der Waals surface area contributed by atoms with Crippen LogP contribution in [0.15, 0.2) is 238 Å². The second-order valence-electron chi connectivity index (χ2n) is 30.0. The minimum Gasteiger partial charge on any atom is -0.345 e. The number of aliphatic imine (C=N–C) groups is 4. The molecule has 4 N–H and O–H groups in total. The highest BCUT2D eigenvalue weighted by atomic mass is 15.4. The Balaban J connectivity index is 1.14. The highest BCUT2D eigenvalue weighted by molar-refractivity contribution is 6.00. The van der Waals surface area contributed by atoms with Crippen LogP contribution in [0.5, 0.6) is 0 Å². The predicted octanol–water partition coefficient (Wildman–Crippen LogP) is 18.3. The highest BCUT2D eigenvalue weighted by Crippen LogP contribution is 2.66. The zero-order chi connectivity index (χ0) is 62.4. The van der Waals surface area contributed by atoms with E-state index in [2.05, 4.69) is 350 Å². The second-order valence-corrected chi connectivity index (χ2v) is 30.0. The van der Waals surface area contributed by atoms with Crippen molar-refractivity contribution in [1.29, 1.82) is 0 Å². The molecule has 5 aliphatic rings. The van der Waals surface area contributed by atoms with E-state index in [1.54, 1.807) is 0 Å². The van der Waals surface area contributed by atoms with Gasteiger partial charge in [-0.2, -0.15) is 0 Å². The van der Waals surface area contributed by atoms with Gasteiger partial charge in [-0.05, 0) is 44.5 Å². The molecule has 0 aromatic heterocycles. The fourth-order valence-corrected chi connectivity index (χ4v) is 15.1. The van der Waals surface area contributed by atoms with Gasteiger partial charge in [-0.15, -0.1) is 0 Å². The molecule has 4 fully saturated rings. The maximum absolute atomic E-state index is 6.43. The summed E-state index contributed by atoms with van der Waals surface area (Å²) in [5, 5.41) is 17.4. The smallest absolute Gasteiger partial charge is 0.164 e. The summed E-state index contributed by atoms with van der Waals surface area (Å²) in [6, 6.07) is 79.1. The molecule has 4 saturated heterocycles. The summed E-state index contributed by atoms with van der Waals surface area (Å²) in [4.78, 5) is 25.7. The Morgan fingerprint density at radius 2 is 0.341 bits per heavy atom. The van der Waals surface area contributed by atoms with Gasteiger partial charge in [-0.3, -0.25) is 0 Å². The number of rotatable bonds is 8. The van der Waals surface area contributed by atoms with Crippen LogP contribution in [0.1, 0.15) is 133 Å². The Hall–Kier alpha value is -8.36. The van der Waals surface area contributed by atoms with Gasteiger partial charge >= 0.3 is 0 Å². The topological polar surface area (TPSA) is 97.6 Å². The van der Waals surface area contributed by atoms with Crippen molar-refractivity contribution >= 4 is 23.3 Å². The van der Waals surface area contributed by atoms with Gasteiger partial charge < -0.3 is 21.3 Å². The number of nitrogens with zero attached hydrogens (tertiary/aromatic N) is 4. The first-order valence-corrected chi connectivity index (χ1v) is 31.7. The molecule has 448 valence electrons. The maximum Gasteiger partial charge on any atom is 0.164 e. The Labute approximate surface area is 523 Å². The molecule has 0 spiro atoms. The van der Waals surface area contributed by atoms with Gasteiger partial charge in [0.15, 0.2) is 22.7 Å². The molecule has 0 radical (unpaired) electrons. The summed E-state index contributed by atoms with van der Waals surface area (Å²) in [6.07, 6.45) is 0. The van der Waals surface area contributed by atoms with E-state index < -0.39 is 66.0 Å². The molecule has 8 bridgehead atoms. The van der Waals surface area contributed by atoms with Gasteiger partial charge in [-0.25, -0.2) is 20.0 Å². The first-order valence-electron chi connectivity index (χ1n) is 31.7. The van der Waals surface area contributed by atoms with Gasteiger partial charge in [0.25, 0.3) is 0 Å². The van der Waals surface area contributed by atoms with Crippen molar-refractivity contribution < 1.29 is 0 Å². The molecule has 8 nitrogen and oxygen atoms in total. The second kappa shape index (κ2) is 19.6. The third-order valence-electron chi connectivity index (χ3n) is 24.2. The van der Waals surface area contributed by atoms with Crippen LogP contribution in [0.25, 0.3) is 44.5 Å². The number of hydrogen-bond donors (Lipinski definition) is 4. The van der Waals surface area contributed by atoms with Crippen LogP contribution in [0.4, 0.5) is 0 Å². The summed E-state index contributed by atoms with van der Waals surface area (Å²) >= 11 is 0. The predicted molar refractivity (Wildman–Crippen MR) is 367 cm³/mol. The van der Waals surface area contributed by atoms with Crippen molar-refractivity contribution in [3.05, 3.63) is 241 Å². The molecule has 88 heavy (non-hydrogen) atoms. The van der Waals surface area contributed by atoms with Crippen molar-refractivity contribution in [2.75, 3.05) is 0 Å². The van der Waals surface area contributed by atoms with E-state index in [1.165, 1.54) is 0 Å². The molecule has 0 aliphatic carbocycles. The molecule has 13 rings (SSSR count). The average Bonchev–Trinajstić information content (AvgIpc) is 1.52. The first kappa shape index (κ1) is 58.6. The standard InChI is InChI=1S/C80H88N8/c1-69(2)65-81-77(73(69,9)10,61-45-37-57(38-46-61)53-29-21-17-22-30-53)86-66-70(3,4)75(13,14)79(83-66,63-49-41-59(42-50-63)55-33-25-19-26-34-55)88-68-72(7,8)76(15,16)80(84-68,64-51-43-60(44-52-64)56-35-27-20-28-36-56)87-67-71(5,6)74(11,12)78(82-67,85-65)62-47-39-58(40-48-62)54-31-23-18-24-32-54/h17-52H,1-16H3,(H,81,85)(H,83,86)(H,82,87)(H,84,88). The fraction of sp³-hybridized carbons (Fsp3) is 0.350. The van der Waals surface area contributed by atoms with Crippen LogP contribution < -0.4 is 21.3 Å². The van der Waals surface area contributed by atoms with E-state index in [0.717, 1.165) is 90.1 Å². The van der Waals surface area contributed by atoms with Crippen LogP contribution in [0, 0.1) is 43.3 Å². The van der Waals surface area contributed by atoms with Gasteiger partial charge in [-0.1, -0.05) is 329 Å². The van der Waals surface area contributed by atoms with Crippen molar-refractivity contribution in [2.45, 2.75) is 133 Å². The largest absolute Gasteiger partial charge is 0.345 e. The van der Waals surface area contributed by atoms with Gasteiger partial charge in [0, 0.05) is 65.6 Å². The fourth-order valence-electron chi connectivity index (χ4n) is 15.1. The maximum atomic E-state index is 6.43. The van der Waals surface area contributed by atoms with E-state index >= 15 is 0 Å². The van der Waals surface area contributed by atoms with Crippen LogP contribution in [0.3, 0.4) is 0 Å². The minimum absolute atomic E-state index is 0.626. The molecule has 8 aromatic carbocycles. The zero-order valence-corrected chi connectivity index (χ0v) is 54.6. The molecule has 4 atom stereocenters. The van der Waals surface area contributed by atoms with Crippen LogP contribution in [-0.4, -0.2) is 23.3 Å². The molecule has 8 heteroatoms. The molecular formula is C80H88N8. The monoisotopic (exact) mass is 1160 g/mol. The Morgan fingerprint density at radius 3 is 0.500 bits per heavy atom. The van der Waals surface area contributed by atoms with E-state index in [9.17, 15) is 0 Å². The van der Waals surface area contributed by atoms with Gasteiger partial charge in [0.1, 0.15) is 23.3 Å². The lowest BCUT2D eigenvalue weighted by Gasteiger charge is -2.46. The van der Waals surface area contributed by atoms with Gasteiger partial charge in [0.2, 0.25) is 0 Å². The number of amidine groups is 4. The number of nitrogens with one attached hydrogen (secondary N) is 4. The van der Waals surface area contributed by atoms with E-state index in [4.69, 9.17) is 20.0 Å². The van der Waals surface area contributed by atoms with Crippen LogP contribution in [0.2, 0.25) is 0 Å². The van der Waals surface area contributed by atoms with Crippen LogP contribution >= 0.6 is 0 Å². The lowest BCUT2D eigenvalue weighted by atomic mass is 9.60. The Kier molecular flexibility index (Phi) is 13.0. The number of hydrogen-bond acceptors (Lipinski definition) is 8. The summed E-state index contributed by atoms with van der Waals surface area (Å²) < 4.78 is 0. The third kappa shape index (κ3) is 7.94. The Morgan fingerprint density at radius 1 is 0.193 bits per heavy atom. The lowest BCUT2D eigenvalue weighted by Crippen LogP contribution is -2.51. The summed E-state index contributed by atoms with van der Waals surface area (Å²) in [5.41, 5.74) is 3.98. The highest BCUT2D eigenvalue weighted by Gasteiger charge is 2.72. The minimum atomic E-state index is -1.08. The summed E-state index contributed by atoms with van der Waals surface area (Å²) in [7, 11) is 0. The van der Waals surface area contributed by atoms with Crippen molar-refractivity contribution in [1.82, 2.24) is 21.3 Å². The molecule has 4 unspecified atom stereocenters. The normalized spacial score (nSPS) is 28.6. The van der Waals surface area contributed by atoms with Gasteiger partial charge in [0.05, 0.1) is 0 Å². The molecule has 8 aromatic rings. The molecular weight excluding hydrogens is 1070 g/mol. The average molecular weight is 1160 g/mol. The third-order valence-corrected chi connectivity index (χ3v) is 24.2. The quantitative estimate of drug-likeness (QED) is 0.122. The summed E-state index contributed by atoms with van der Waals surface area (Å²) in [5.74, 6) is 3.43. The van der Waals surface area contributed by atoms with E-state index in [-0.39, 0.29) is 0 Å². The summed E-state index contributed by atoms with van der Waals surface area (Å²) in [6.45, 7) is 38.0. The van der Waals surface area contributed by atoms with Crippen molar-refractivity contribution in [3.63, 3.8) is 0 Å². The number of fused-ring (bicyclic) bond motifs is 8. The molecule has 0 saturated carbocycles. The van der Waals surface area contributed by atoms with E-state index in [1.807, 2.05) is 0 Å². The number of benzene rings is 8. The van der Waals surface area contributed by atoms with E-state index in [0.29, 0.717) is 0 Å². The molecule has 0 amide bonds. The first-order chi connectivity index (χ1) is 41.5. The van der Waals surface area contributed by atoms with Crippen LogP contribution in [-0.2, 0) is 22.7 Å². The zero-order valence-electron chi connectivity index (χ0n) is 54.6. The molecule has 5 aliphatic heterocycles. The lowest BCUT2D eigenvalue weighted by molar-refractivity contribution is 0.0826. The Bertz CT molecular complexity index is 3560. The van der Waals surface area contributed by atoms with Crippen molar-refractivity contribution in [2.24, 2.45) is 63.3 Å². The SMILES string of the molecule is CC1(C)C2=NC3(c4ccc(-c5ccccc5)cc4)N/C(=N\C4(c5ccc(-c6ccccc6)cc5)N/C(=N\C5(c6ccc(-c7ccccc7)cc6)N/C(=N\C(c6ccc(-c7ccccc7)cc6)(N2)C1(C)C)C(C)(C)C5(C)C)C(C)(C)C4(C)C)C(C)(C)C3(C)C.